The van der Waals surface area contributed by atoms with Gasteiger partial charge in [0.25, 0.3) is 0 Å². The number of carboxylic acid groups (broad SMARTS) is 1. The zero-order chi connectivity index (χ0) is 22.6. The van der Waals surface area contributed by atoms with Crippen molar-refractivity contribution in [1.29, 1.82) is 5.41 Å². The number of nitrogens with two attached hydrogens (primary N) is 1. The minimum atomic E-state index is -0.992. The summed E-state index contributed by atoms with van der Waals surface area (Å²) in [5.41, 5.74) is 5.24. The van der Waals surface area contributed by atoms with E-state index in [1.54, 1.807) is 4.90 Å². The van der Waals surface area contributed by atoms with E-state index in [2.05, 4.69) is 16.0 Å². The smallest absolute Gasteiger partial charge is 0.317 e. The number of amides is 2. The molecule has 32 heavy (non-hydrogen) atoms. The second-order valence-corrected chi connectivity index (χ2v) is 8.60. The standard InChI is InChI=1S/C21H38N6O4.H2O/c22-21(23)25-11-6-10-24-19(30)17-9-4-5-12-27(17)20(31)16(26-14-18(28)29)13-15-7-2-1-3-8-15;/h15-17,26H,1-14H2,(H,24,30)(H,28,29)(H4,22,23,25);1H2/t16-,17+;/m1./s1. The lowest BCUT2D eigenvalue weighted by Crippen LogP contribution is -2.57. The van der Waals surface area contributed by atoms with Crippen LogP contribution in [0.4, 0.5) is 0 Å². The number of carbonyl (C=O) groups is 3. The summed E-state index contributed by atoms with van der Waals surface area (Å²) in [6.07, 6.45) is 9.22. The van der Waals surface area contributed by atoms with E-state index >= 15 is 0 Å². The molecule has 0 radical (unpaired) electrons. The first kappa shape index (κ1) is 27.6. The quantitative estimate of drug-likeness (QED) is 0.138. The fraction of sp³-hybridized carbons (Fsp3) is 0.810. The second kappa shape index (κ2) is 14.6. The van der Waals surface area contributed by atoms with Gasteiger partial charge < -0.3 is 31.8 Å². The lowest BCUT2D eigenvalue weighted by Gasteiger charge is -2.38. The molecule has 0 bridgehead atoms. The zero-order valence-corrected chi connectivity index (χ0v) is 18.8. The van der Waals surface area contributed by atoms with Crippen molar-refractivity contribution in [2.75, 3.05) is 26.2 Å². The summed E-state index contributed by atoms with van der Waals surface area (Å²) in [6, 6.07) is -1.10. The molecule has 2 fully saturated rings. The number of aliphatic carboxylic acids is 1. The van der Waals surface area contributed by atoms with Crippen LogP contribution in [0.5, 0.6) is 0 Å². The van der Waals surface area contributed by atoms with Crippen LogP contribution in [-0.4, -0.2) is 77.5 Å². The van der Waals surface area contributed by atoms with Crippen LogP contribution in [0.3, 0.4) is 0 Å². The summed E-state index contributed by atoms with van der Waals surface area (Å²) in [6.45, 7) is 1.17. The molecule has 11 heteroatoms. The SMILES string of the molecule is N=C(N)NCCCNC(=O)[C@@H]1CCCCN1C(=O)[C@@H](CC1CCCCC1)NCC(=O)O.O. The van der Waals surface area contributed by atoms with Gasteiger partial charge in [-0.25, -0.2) is 0 Å². The average Bonchev–Trinajstić information content (AvgIpc) is 2.76. The number of piperidine rings is 1. The molecule has 1 aliphatic carbocycles. The zero-order valence-electron chi connectivity index (χ0n) is 18.8. The van der Waals surface area contributed by atoms with Gasteiger partial charge in [-0.05, 0) is 38.0 Å². The molecule has 0 spiro atoms. The lowest BCUT2D eigenvalue weighted by molar-refractivity contribution is -0.145. The molecule has 184 valence electrons. The third-order valence-corrected chi connectivity index (χ3v) is 6.15. The minimum Gasteiger partial charge on any atom is -0.480 e. The molecule has 2 rings (SSSR count). The number of likely N-dealkylation sites (tertiary alicyclic amines) is 1. The van der Waals surface area contributed by atoms with Crippen molar-refractivity contribution >= 4 is 23.7 Å². The molecule has 1 saturated heterocycles. The highest BCUT2D eigenvalue weighted by Gasteiger charge is 2.36. The first-order valence-electron chi connectivity index (χ1n) is 11.5. The van der Waals surface area contributed by atoms with E-state index in [0.717, 1.165) is 38.5 Å². The number of hydrogen-bond donors (Lipinski definition) is 6. The molecule has 0 aromatic carbocycles. The van der Waals surface area contributed by atoms with Crippen molar-refractivity contribution in [3.63, 3.8) is 0 Å². The summed E-state index contributed by atoms with van der Waals surface area (Å²) in [7, 11) is 0. The summed E-state index contributed by atoms with van der Waals surface area (Å²) >= 11 is 0. The first-order chi connectivity index (χ1) is 14.9. The molecule has 0 aromatic rings. The predicted molar refractivity (Wildman–Crippen MR) is 121 cm³/mol. The van der Waals surface area contributed by atoms with Gasteiger partial charge in [0.1, 0.15) is 6.04 Å². The van der Waals surface area contributed by atoms with Crippen molar-refractivity contribution in [2.45, 2.75) is 76.3 Å². The maximum absolute atomic E-state index is 13.4. The molecule has 2 atom stereocenters. The number of nitrogens with zero attached hydrogens (tertiary/aromatic N) is 1. The second-order valence-electron chi connectivity index (χ2n) is 8.60. The minimum absolute atomic E-state index is 0. The summed E-state index contributed by atoms with van der Waals surface area (Å²) in [5, 5.41) is 24.7. The van der Waals surface area contributed by atoms with Crippen LogP contribution in [0.25, 0.3) is 0 Å². The predicted octanol–water partition coefficient (Wildman–Crippen LogP) is -0.455. The van der Waals surface area contributed by atoms with E-state index in [4.69, 9.17) is 16.2 Å². The molecular formula is C21H40N6O5. The molecule has 1 aliphatic heterocycles. The number of rotatable bonds is 11. The van der Waals surface area contributed by atoms with Gasteiger partial charge >= 0.3 is 5.97 Å². The van der Waals surface area contributed by atoms with Crippen LogP contribution in [0.2, 0.25) is 0 Å². The molecule has 11 nitrogen and oxygen atoms in total. The Labute approximate surface area is 189 Å². The number of nitrogens with one attached hydrogen (secondary N) is 4. The first-order valence-corrected chi connectivity index (χ1v) is 11.5. The highest BCUT2D eigenvalue weighted by molar-refractivity contribution is 5.90. The fourth-order valence-electron chi connectivity index (χ4n) is 4.55. The maximum Gasteiger partial charge on any atom is 0.317 e. The van der Waals surface area contributed by atoms with Crippen LogP contribution in [-0.2, 0) is 14.4 Å². The Morgan fingerprint density at radius 3 is 2.34 bits per heavy atom. The fourth-order valence-corrected chi connectivity index (χ4v) is 4.55. The van der Waals surface area contributed by atoms with E-state index in [1.165, 1.54) is 6.42 Å². The number of carboxylic acids is 1. The van der Waals surface area contributed by atoms with Gasteiger partial charge in [0.05, 0.1) is 12.6 Å². The van der Waals surface area contributed by atoms with Gasteiger partial charge in [-0.15, -0.1) is 0 Å². The number of guanidine groups is 1. The molecule has 9 N–H and O–H groups in total. The summed E-state index contributed by atoms with van der Waals surface area (Å²) in [4.78, 5) is 38.9. The van der Waals surface area contributed by atoms with Crippen LogP contribution < -0.4 is 21.7 Å². The number of hydrogen-bond acceptors (Lipinski definition) is 5. The van der Waals surface area contributed by atoms with Crippen molar-refractivity contribution in [1.82, 2.24) is 20.9 Å². The highest BCUT2D eigenvalue weighted by Crippen LogP contribution is 2.28. The Kier molecular flexibility index (Phi) is 12.6. The average molecular weight is 457 g/mol. The van der Waals surface area contributed by atoms with E-state index in [9.17, 15) is 14.4 Å². The Bertz CT molecular complexity index is 626. The van der Waals surface area contributed by atoms with E-state index in [0.29, 0.717) is 44.8 Å². The topological polar surface area (TPSA) is 192 Å². The normalized spacial score (nSPS) is 20.0. The van der Waals surface area contributed by atoms with E-state index < -0.39 is 18.1 Å². The van der Waals surface area contributed by atoms with Crippen molar-refractivity contribution in [3.05, 3.63) is 0 Å². The molecule has 0 unspecified atom stereocenters. The lowest BCUT2D eigenvalue weighted by atomic mass is 9.84. The Balaban J connectivity index is 0.00000512. The van der Waals surface area contributed by atoms with Gasteiger partial charge in [0, 0.05) is 19.6 Å². The Morgan fingerprint density at radius 1 is 1.03 bits per heavy atom. The number of carbonyl (C=O) groups excluding carboxylic acids is 2. The molecular weight excluding hydrogens is 416 g/mol. The summed E-state index contributed by atoms with van der Waals surface area (Å²) in [5.74, 6) is -1.02. The molecule has 1 saturated carbocycles. The van der Waals surface area contributed by atoms with Gasteiger partial charge in [-0.1, -0.05) is 32.1 Å². The Morgan fingerprint density at radius 2 is 1.69 bits per heavy atom. The van der Waals surface area contributed by atoms with Gasteiger partial charge in [-0.2, -0.15) is 0 Å². The largest absolute Gasteiger partial charge is 0.480 e. The van der Waals surface area contributed by atoms with Crippen LogP contribution >= 0.6 is 0 Å². The highest BCUT2D eigenvalue weighted by atomic mass is 16.4. The van der Waals surface area contributed by atoms with Gasteiger partial charge in [-0.3, -0.25) is 25.1 Å². The van der Waals surface area contributed by atoms with Crippen LogP contribution in [0.1, 0.15) is 64.2 Å². The molecule has 2 amide bonds. The van der Waals surface area contributed by atoms with Crippen molar-refractivity contribution in [3.8, 4) is 0 Å². The van der Waals surface area contributed by atoms with Crippen molar-refractivity contribution < 1.29 is 25.0 Å². The third kappa shape index (κ3) is 9.39. The van der Waals surface area contributed by atoms with Crippen LogP contribution in [0, 0.1) is 11.3 Å². The van der Waals surface area contributed by atoms with E-state index in [1.807, 2.05) is 0 Å². The molecule has 0 aromatic heterocycles. The summed E-state index contributed by atoms with van der Waals surface area (Å²) < 4.78 is 0. The third-order valence-electron chi connectivity index (χ3n) is 6.15. The molecule has 1 heterocycles. The monoisotopic (exact) mass is 456 g/mol. The van der Waals surface area contributed by atoms with E-state index in [-0.39, 0.29) is 29.8 Å². The van der Waals surface area contributed by atoms with Crippen LogP contribution in [0.15, 0.2) is 0 Å². The Hall–Kier alpha value is -2.40. The van der Waals surface area contributed by atoms with Crippen molar-refractivity contribution in [2.24, 2.45) is 11.7 Å². The molecule has 2 aliphatic rings. The maximum atomic E-state index is 13.4. The van der Waals surface area contributed by atoms with Gasteiger partial charge in [0.2, 0.25) is 11.8 Å². The van der Waals surface area contributed by atoms with Gasteiger partial charge in [0.15, 0.2) is 5.96 Å².